The quantitative estimate of drug-likeness (QED) is 0.702. The van der Waals surface area contributed by atoms with Gasteiger partial charge in [0.25, 0.3) is 0 Å². The molecule has 5 nitrogen and oxygen atoms in total. The van der Waals surface area contributed by atoms with Crippen molar-refractivity contribution in [1.29, 1.82) is 0 Å². The lowest BCUT2D eigenvalue weighted by molar-refractivity contribution is -0.143. The maximum absolute atomic E-state index is 11.5. The normalized spacial score (nSPS) is 15.3. The van der Waals surface area contributed by atoms with E-state index in [0.29, 0.717) is 12.6 Å². The SMILES string of the molecule is CCOC(=O)CN(C)C(=O)NC1CCC1. The second-order valence-corrected chi connectivity index (χ2v) is 3.74. The standard InChI is InChI=1S/C10H18N2O3/c1-3-15-9(13)7-12(2)10(14)11-8-5-4-6-8/h8H,3-7H2,1-2H3,(H,11,14). The van der Waals surface area contributed by atoms with Crippen LogP contribution in [0.25, 0.3) is 0 Å². The molecule has 2 amide bonds. The summed E-state index contributed by atoms with van der Waals surface area (Å²) in [5.41, 5.74) is 0. The van der Waals surface area contributed by atoms with Gasteiger partial charge in [-0.1, -0.05) is 0 Å². The highest BCUT2D eigenvalue weighted by Gasteiger charge is 2.22. The molecule has 0 unspecified atom stereocenters. The van der Waals surface area contributed by atoms with Crippen LogP contribution in [0.4, 0.5) is 4.79 Å². The Morgan fingerprint density at radius 3 is 2.60 bits per heavy atom. The summed E-state index contributed by atoms with van der Waals surface area (Å²) in [6.07, 6.45) is 3.25. The first-order valence-corrected chi connectivity index (χ1v) is 5.30. The molecule has 0 aromatic heterocycles. The maximum Gasteiger partial charge on any atom is 0.325 e. The van der Waals surface area contributed by atoms with E-state index in [1.807, 2.05) is 0 Å². The van der Waals surface area contributed by atoms with E-state index in [0.717, 1.165) is 12.8 Å². The minimum Gasteiger partial charge on any atom is -0.465 e. The molecule has 0 saturated heterocycles. The van der Waals surface area contributed by atoms with Gasteiger partial charge in [0.2, 0.25) is 0 Å². The number of nitrogens with zero attached hydrogens (tertiary/aromatic N) is 1. The molecule has 1 saturated carbocycles. The highest BCUT2D eigenvalue weighted by molar-refractivity contribution is 5.80. The Kier molecular flexibility index (Phi) is 4.39. The van der Waals surface area contributed by atoms with Gasteiger partial charge in [0.15, 0.2) is 0 Å². The van der Waals surface area contributed by atoms with Gasteiger partial charge in [0, 0.05) is 13.1 Å². The van der Waals surface area contributed by atoms with E-state index in [1.54, 1.807) is 14.0 Å². The number of nitrogens with one attached hydrogen (secondary N) is 1. The van der Waals surface area contributed by atoms with E-state index in [4.69, 9.17) is 4.74 Å². The molecule has 0 radical (unpaired) electrons. The molecule has 0 heterocycles. The molecule has 1 fully saturated rings. The molecule has 86 valence electrons. The first-order chi connectivity index (χ1) is 7.13. The van der Waals surface area contributed by atoms with Crippen LogP contribution < -0.4 is 5.32 Å². The predicted octanol–water partition coefficient (Wildman–Crippen LogP) is 0.743. The van der Waals surface area contributed by atoms with E-state index >= 15 is 0 Å². The van der Waals surface area contributed by atoms with E-state index < -0.39 is 0 Å². The van der Waals surface area contributed by atoms with Crippen LogP contribution in [0, 0.1) is 0 Å². The number of hydrogen-bond acceptors (Lipinski definition) is 3. The third kappa shape index (κ3) is 3.77. The van der Waals surface area contributed by atoms with Crippen LogP contribution in [-0.4, -0.2) is 43.1 Å². The summed E-state index contributed by atoms with van der Waals surface area (Å²) in [5, 5.41) is 2.84. The third-order valence-corrected chi connectivity index (χ3v) is 2.45. The van der Waals surface area contributed by atoms with Crippen molar-refractivity contribution in [1.82, 2.24) is 10.2 Å². The van der Waals surface area contributed by atoms with Crippen molar-refractivity contribution in [3.8, 4) is 0 Å². The molecule has 0 aromatic rings. The van der Waals surface area contributed by atoms with Crippen molar-refractivity contribution in [2.45, 2.75) is 32.2 Å². The zero-order valence-corrected chi connectivity index (χ0v) is 9.28. The Labute approximate surface area is 89.8 Å². The van der Waals surface area contributed by atoms with Crippen molar-refractivity contribution in [2.75, 3.05) is 20.2 Å². The van der Waals surface area contributed by atoms with Crippen LogP contribution in [0.5, 0.6) is 0 Å². The van der Waals surface area contributed by atoms with Crippen LogP contribution >= 0.6 is 0 Å². The molecule has 15 heavy (non-hydrogen) atoms. The summed E-state index contributed by atoms with van der Waals surface area (Å²) in [6, 6.07) is 0.0925. The minimum absolute atomic E-state index is 0.00634. The van der Waals surface area contributed by atoms with Gasteiger partial charge in [-0.2, -0.15) is 0 Å². The Hall–Kier alpha value is -1.26. The van der Waals surface area contributed by atoms with Gasteiger partial charge in [-0.15, -0.1) is 0 Å². The van der Waals surface area contributed by atoms with Crippen LogP contribution in [0.3, 0.4) is 0 Å². The largest absolute Gasteiger partial charge is 0.465 e. The molecule has 0 aromatic carbocycles. The smallest absolute Gasteiger partial charge is 0.325 e. The zero-order valence-electron chi connectivity index (χ0n) is 9.28. The summed E-state index contributed by atoms with van der Waals surface area (Å²) in [5.74, 6) is -0.372. The summed E-state index contributed by atoms with van der Waals surface area (Å²) < 4.78 is 4.75. The molecular weight excluding hydrogens is 196 g/mol. The van der Waals surface area contributed by atoms with Crippen molar-refractivity contribution < 1.29 is 14.3 Å². The topological polar surface area (TPSA) is 58.6 Å². The lowest BCUT2D eigenvalue weighted by Crippen LogP contribution is -2.47. The molecule has 1 aliphatic carbocycles. The Morgan fingerprint density at radius 1 is 1.47 bits per heavy atom. The third-order valence-electron chi connectivity index (χ3n) is 2.45. The molecule has 1 N–H and O–H groups in total. The molecule has 0 spiro atoms. The van der Waals surface area contributed by atoms with Gasteiger partial charge in [-0.3, -0.25) is 4.79 Å². The fourth-order valence-electron chi connectivity index (χ4n) is 1.31. The zero-order chi connectivity index (χ0) is 11.3. The first kappa shape index (κ1) is 11.8. The van der Waals surface area contributed by atoms with Gasteiger partial charge >= 0.3 is 12.0 Å². The van der Waals surface area contributed by atoms with Gasteiger partial charge in [-0.25, -0.2) is 4.79 Å². The van der Waals surface area contributed by atoms with Crippen molar-refractivity contribution >= 4 is 12.0 Å². The van der Waals surface area contributed by atoms with Crippen LogP contribution in [0.2, 0.25) is 0 Å². The van der Waals surface area contributed by atoms with Crippen LogP contribution in [0.15, 0.2) is 0 Å². The molecule has 1 rings (SSSR count). The Bertz CT molecular complexity index is 239. The number of urea groups is 1. The number of rotatable bonds is 4. The van der Waals surface area contributed by atoms with Gasteiger partial charge in [0.1, 0.15) is 6.54 Å². The first-order valence-electron chi connectivity index (χ1n) is 5.30. The van der Waals surface area contributed by atoms with E-state index in [-0.39, 0.29) is 18.5 Å². The van der Waals surface area contributed by atoms with E-state index in [2.05, 4.69) is 5.32 Å². The molecule has 5 heteroatoms. The number of carbonyl (C=O) groups excluding carboxylic acids is 2. The lowest BCUT2D eigenvalue weighted by Gasteiger charge is -2.28. The summed E-state index contributed by atoms with van der Waals surface area (Å²) in [4.78, 5) is 23.9. The average Bonchev–Trinajstić information content (AvgIpc) is 2.11. The second-order valence-electron chi connectivity index (χ2n) is 3.74. The van der Waals surface area contributed by atoms with Crippen molar-refractivity contribution in [3.05, 3.63) is 0 Å². The highest BCUT2D eigenvalue weighted by Crippen LogP contribution is 2.17. The summed E-state index contributed by atoms with van der Waals surface area (Å²) in [6.45, 7) is 2.09. The second kappa shape index (κ2) is 5.58. The van der Waals surface area contributed by atoms with Crippen molar-refractivity contribution in [3.63, 3.8) is 0 Å². The number of ether oxygens (including phenoxy) is 1. The van der Waals surface area contributed by atoms with Gasteiger partial charge in [0.05, 0.1) is 6.61 Å². The lowest BCUT2D eigenvalue weighted by atomic mass is 9.93. The molecular formula is C10H18N2O3. The molecule has 0 aliphatic heterocycles. The number of hydrogen-bond donors (Lipinski definition) is 1. The summed E-state index contributed by atoms with van der Waals surface area (Å²) >= 11 is 0. The monoisotopic (exact) mass is 214 g/mol. The molecule has 0 atom stereocenters. The predicted molar refractivity (Wildman–Crippen MR) is 55.4 cm³/mol. The average molecular weight is 214 g/mol. The van der Waals surface area contributed by atoms with E-state index in [9.17, 15) is 9.59 Å². The van der Waals surface area contributed by atoms with Crippen LogP contribution in [-0.2, 0) is 9.53 Å². The van der Waals surface area contributed by atoms with Gasteiger partial charge in [-0.05, 0) is 26.2 Å². The summed E-state index contributed by atoms with van der Waals surface area (Å²) in [7, 11) is 1.59. The van der Waals surface area contributed by atoms with Crippen molar-refractivity contribution in [2.24, 2.45) is 0 Å². The fourth-order valence-corrected chi connectivity index (χ4v) is 1.31. The number of carbonyl (C=O) groups is 2. The minimum atomic E-state index is -0.372. The number of likely N-dealkylation sites (N-methyl/N-ethyl adjacent to an activating group) is 1. The van der Waals surface area contributed by atoms with Gasteiger partial charge < -0.3 is 15.0 Å². The maximum atomic E-state index is 11.5. The number of amides is 2. The fraction of sp³-hybridized carbons (Fsp3) is 0.800. The highest BCUT2D eigenvalue weighted by atomic mass is 16.5. The molecule has 0 bridgehead atoms. The molecule has 1 aliphatic rings. The Morgan fingerprint density at radius 2 is 2.13 bits per heavy atom. The Balaban J connectivity index is 2.22. The number of esters is 1. The van der Waals surface area contributed by atoms with E-state index in [1.165, 1.54) is 11.3 Å². The van der Waals surface area contributed by atoms with Crippen LogP contribution in [0.1, 0.15) is 26.2 Å².